The van der Waals surface area contributed by atoms with Crippen LogP contribution in [0.5, 0.6) is 0 Å². The number of aromatic nitrogens is 1. The zero-order chi connectivity index (χ0) is 13.4. The van der Waals surface area contributed by atoms with Crippen molar-refractivity contribution in [1.82, 2.24) is 4.98 Å². The third kappa shape index (κ3) is 2.24. The van der Waals surface area contributed by atoms with E-state index in [1.165, 1.54) is 17.4 Å². The van der Waals surface area contributed by atoms with E-state index in [0.717, 1.165) is 0 Å². The molecule has 1 aromatic heterocycles. The van der Waals surface area contributed by atoms with Gasteiger partial charge in [-0.25, -0.2) is 9.37 Å². The van der Waals surface area contributed by atoms with Crippen molar-refractivity contribution in [2.45, 2.75) is 12.5 Å². The molecule has 1 unspecified atom stereocenters. The van der Waals surface area contributed by atoms with Gasteiger partial charge >= 0.3 is 0 Å². The van der Waals surface area contributed by atoms with E-state index in [9.17, 15) is 9.18 Å². The summed E-state index contributed by atoms with van der Waals surface area (Å²) in [6, 6.07) is 6.31. The lowest BCUT2D eigenvalue weighted by atomic mass is 10.2. The topological polar surface area (TPSA) is 59.2 Å². The lowest BCUT2D eigenvalue weighted by Crippen LogP contribution is -2.27. The molecule has 98 valence electrons. The lowest BCUT2D eigenvalue weighted by Gasteiger charge is -2.11. The molecule has 1 atom stereocenters. The summed E-state index contributed by atoms with van der Waals surface area (Å²) < 4.78 is 13.7. The molecule has 2 aromatic rings. The Morgan fingerprint density at radius 3 is 2.89 bits per heavy atom. The summed E-state index contributed by atoms with van der Waals surface area (Å²) in [5.74, 6) is -0.342. The third-order valence-electron chi connectivity index (χ3n) is 3.03. The Balaban J connectivity index is 1.92. The largest absolute Gasteiger partial charge is 0.326 e. The average molecular weight is 277 g/mol. The van der Waals surface area contributed by atoms with E-state index in [2.05, 4.69) is 4.98 Å². The van der Waals surface area contributed by atoms with Crippen molar-refractivity contribution < 1.29 is 9.18 Å². The van der Waals surface area contributed by atoms with Gasteiger partial charge in [-0.3, -0.25) is 9.69 Å². The standard InChI is InChI=1S/C13H12FN3OS/c14-10-4-2-1-3-9(10)11-7-19-13(16-11)17-6-8(15)5-12(17)18/h1-4,7-8H,5-6,15H2. The van der Waals surface area contributed by atoms with Gasteiger partial charge in [-0.2, -0.15) is 0 Å². The molecule has 1 amide bonds. The van der Waals surface area contributed by atoms with Gasteiger partial charge in [0.2, 0.25) is 5.91 Å². The highest BCUT2D eigenvalue weighted by Crippen LogP contribution is 2.30. The predicted molar refractivity (Wildman–Crippen MR) is 72.5 cm³/mol. The first-order chi connectivity index (χ1) is 9.15. The van der Waals surface area contributed by atoms with Gasteiger partial charge < -0.3 is 5.73 Å². The van der Waals surface area contributed by atoms with Gasteiger partial charge in [0.1, 0.15) is 5.82 Å². The number of halogens is 1. The first kappa shape index (κ1) is 12.3. The Morgan fingerprint density at radius 2 is 2.21 bits per heavy atom. The number of nitrogens with two attached hydrogens (primary N) is 1. The number of hydrogen-bond acceptors (Lipinski definition) is 4. The van der Waals surface area contributed by atoms with E-state index in [1.54, 1.807) is 28.5 Å². The molecule has 0 spiro atoms. The second-order valence-electron chi connectivity index (χ2n) is 4.46. The van der Waals surface area contributed by atoms with Crippen LogP contribution in [0.4, 0.5) is 9.52 Å². The van der Waals surface area contributed by atoms with Crippen LogP contribution in [0.15, 0.2) is 29.6 Å². The zero-order valence-corrected chi connectivity index (χ0v) is 10.9. The lowest BCUT2D eigenvalue weighted by molar-refractivity contribution is -0.117. The number of nitrogens with zero attached hydrogens (tertiary/aromatic N) is 2. The molecule has 1 aromatic carbocycles. The Hall–Kier alpha value is -1.79. The van der Waals surface area contributed by atoms with E-state index >= 15 is 0 Å². The number of anilines is 1. The molecule has 1 fully saturated rings. The first-order valence-corrected chi connectivity index (χ1v) is 6.79. The maximum absolute atomic E-state index is 13.7. The fourth-order valence-electron chi connectivity index (χ4n) is 2.10. The molecule has 1 aliphatic heterocycles. The Morgan fingerprint density at radius 1 is 1.42 bits per heavy atom. The molecule has 3 rings (SSSR count). The molecule has 0 aliphatic carbocycles. The van der Waals surface area contributed by atoms with Crippen molar-refractivity contribution in [3.8, 4) is 11.3 Å². The van der Waals surface area contributed by atoms with Crippen LogP contribution in [-0.4, -0.2) is 23.5 Å². The molecular formula is C13H12FN3OS. The van der Waals surface area contributed by atoms with Gasteiger partial charge in [0.05, 0.1) is 5.69 Å². The van der Waals surface area contributed by atoms with Gasteiger partial charge in [0, 0.05) is 30.0 Å². The SMILES string of the molecule is NC1CC(=O)N(c2nc(-c3ccccc3F)cs2)C1. The molecule has 1 aliphatic rings. The van der Waals surface area contributed by atoms with Crippen LogP contribution >= 0.6 is 11.3 Å². The Kier molecular flexibility index (Phi) is 3.04. The number of carbonyl (C=O) groups is 1. The summed E-state index contributed by atoms with van der Waals surface area (Å²) in [5.41, 5.74) is 6.74. The maximum Gasteiger partial charge on any atom is 0.230 e. The highest BCUT2D eigenvalue weighted by molar-refractivity contribution is 7.14. The predicted octanol–water partition coefficient (Wildman–Crippen LogP) is 2.01. The Labute approximate surface area is 113 Å². The normalized spacial score (nSPS) is 19.2. The van der Waals surface area contributed by atoms with Gasteiger partial charge in [-0.05, 0) is 12.1 Å². The molecule has 2 N–H and O–H groups in total. The average Bonchev–Trinajstić information content (AvgIpc) is 2.96. The number of amides is 1. The van der Waals surface area contributed by atoms with Crippen LogP contribution in [0.1, 0.15) is 6.42 Å². The van der Waals surface area contributed by atoms with Gasteiger partial charge in [0.25, 0.3) is 0 Å². The fourth-order valence-corrected chi connectivity index (χ4v) is 2.95. The molecule has 6 heteroatoms. The van der Waals surface area contributed by atoms with Crippen LogP contribution in [-0.2, 0) is 4.79 Å². The van der Waals surface area contributed by atoms with Crippen molar-refractivity contribution >= 4 is 22.4 Å². The van der Waals surface area contributed by atoms with Gasteiger partial charge in [0.15, 0.2) is 5.13 Å². The maximum atomic E-state index is 13.7. The van der Waals surface area contributed by atoms with E-state index < -0.39 is 0 Å². The number of thiazole rings is 1. The second-order valence-corrected chi connectivity index (χ2v) is 5.30. The van der Waals surface area contributed by atoms with Crippen molar-refractivity contribution in [2.75, 3.05) is 11.4 Å². The quantitative estimate of drug-likeness (QED) is 0.913. The summed E-state index contributed by atoms with van der Waals surface area (Å²) in [6.45, 7) is 0.475. The molecule has 0 radical (unpaired) electrons. The summed E-state index contributed by atoms with van der Waals surface area (Å²) >= 11 is 1.33. The molecule has 2 heterocycles. The van der Waals surface area contributed by atoms with Crippen LogP contribution in [0.3, 0.4) is 0 Å². The van der Waals surface area contributed by atoms with E-state index in [1.807, 2.05) is 0 Å². The van der Waals surface area contributed by atoms with Gasteiger partial charge in [-0.15, -0.1) is 11.3 Å². The minimum absolute atomic E-state index is 0.0260. The van der Waals surface area contributed by atoms with E-state index in [4.69, 9.17) is 5.73 Å². The molecular weight excluding hydrogens is 265 g/mol. The number of benzene rings is 1. The van der Waals surface area contributed by atoms with E-state index in [-0.39, 0.29) is 17.8 Å². The highest BCUT2D eigenvalue weighted by atomic mass is 32.1. The molecule has 0 bridgehead atoms. The van der Waals surface area contributed by atoms with Crippen LogP contribution < -0.4 is 10.6 Å². The molecule has 1 saturated heterocycles. The highest BCUT2D eigenvalue weighted by Gasteiger charge is 2.30. The Bertz CT molecular complexity index is 628. The smallest absolute Gasteiger partial charge is 0.230 e. The third-order valence-corrected chi connectivity index (χ3v) is 3.89. The van der Waals surface area contributed by atoms with Crippen molar-refractivity contribution in [1.29, 1.82) is 0 Å². The zero-order valence-electron chi connectivity index (χ0n) is 10.0. The molecule has 19 heavy (non-hydrogen) atoms. The molecule has 4 nitrogen and oxygen atoms in total. The summed E-state index contributed by atoms with van der Waals surface area (Å²) in [7, 11) is 0. The summed E-state index contributed by atoms with van der Waals surface area (Å²) in [4.78, 5) is 17.6. The van der Waals surface area contributed by atoms with Crippen molar-refractivity contribution in [3.63, 3.8) is 0 Å². The fraction of sp³-hybridized carbons (Fsp3) is 0.231. The summed E-state index contributed by atoms with van der Waals surface area (Å²) in [5, 5.41) is 2.33. The van der Waals surface area contributed by atoms with Crippen LogP contribution in [0, 0.1) is 5.82 Å². The second kappa shape index (κ2) is 4.71. The molecule has 0 saturated carbocycles. The van der Waals surface area contributed by atoms with Crippen molar-refractivity contribution in [2.24, 2.45) is 5.73 Å². The minimum atomic E-state index is -0.316. The summed E-state index contributed by atoms with van der Waals surface area (Å²) in [6.07, 6.45) is 0.342. The van der Waals surface area contributed by atoms with Crippen LogP contribution in [0.25, 0.3) is 11.3 Å². The number of hydrogen-bond donors (Lipinski definition) is 1. The minimum Gasteiger partial charge on any atom is -0.326 e. The first-order valence-electron chi connectivity index (χ1n) is 5.91. The van der Waals surface area contributed by atoms with Crippen LogP contribution in [0.2, 0.25) is 0 Å². The van der Waals surface area contributed by atoms with E-state index in [0.29, 0.717) is 29.4 Å². The van der Waals surface area contributed by atoms with Crippen molar-refractivity contribution in [3.05, 3.63) is 35.5 Å². The number of carbonyl (C=O) groups excluding carboxylic acids is 1. The van der Waals surface area contributed by atoms with Gasteiger partial charge in [-0.1, -0.05) is 12.1 Å². The monoisotopic (exact) mass is 277 g/mol. The number of rotatable bonds is 2.